The van der Waals surface area contributed by atoms with Crippen LogP contribution in [0.5, 0.6) is 0 Å². The molecule has 9 heavy (non-hydrogen) atoms. The van der Waals surface area contributed by atoms with E-state index >= 15 is 0 Å². The van der Waals surface area contributed by atoms with E-state index in [-0.39, 0.29) is 22.4 Å². The van der Waals surface area contributed by atoms with Gasteiger partial charge in [-0.2, -0.15) is 8.42 Å². The first-order chi connectivity index (χ1) is 3.41. The molecule has 0 aromatic heterocycles. The van der Waals surface area contributed by atoms with E-state index in [1.165, 1.54) is 0 Å². The average molecular weight is 209 g/mol. The van der Waals surface area contributed by atoms with Crippen molar-refractivity contribution in [2.75, 3.05) is 0 Å². The fraction of sp³-hybridized carbons (Fsp3) is 0. The summed E-state index contributed by atoms with van der Waals surface area (Å²) in [7, 11) is -4.67. The molecule has 0 aliphatic rings. The molecule has 7 nitrogen and oxygen atoms in total. The van der Waals surface area contributed by atoms with Crippen LogP contribution in [-0.4, -0.2) is 17.5 Å². The van der Waals surface area contributed by atoms with E-state index in [0.29, 0.717) is 0 Å². The maximum absolute atomic E-state index is 8.74. The van der Waals surface area contributed by atoms with Crippen molar-refractivity contribution in [1.82, 2.24) is 0 Å². The molecule has 0 aromatic rings. The summed E-state index contributed by atoms with van der Waals surface area (Å²) in [6, 6.07) is 0. The standard InChI is InChI=1S/Cu.HNO2.H2O4S/c;2-1-3;1-5(2,3)4/h;1H;(H2,1,2,3,4). The van der Waals surface area contributed by atoms with Gasteiger partial charge in [-0.25, -0.2) is 0 Å². The monoisotopic (exact) mass is 208 g/mol. The molecule has 61 valence electrons. The van der Waals surface area contributed by atoms with Gasteiger partial charge in [-0.1, -0.05) is 0 Å². The van der Waals surface area contributed by atoms with Gasteiger partial charge in [-0.15, -0.1) is 0 Å². The van der Waals surface area contributed by atoms with Gasteiger partial charge >= 0.3 is 10.4 Å². The Labute approximate surface area is 61.1 Å². The number of hydrogen-bond acceptors (Lipinski definition) is 4. The molecule has 1 radical (unpaired) electrons. The second-order valence-corrected chi connectivity index (χ2v) is 1.43. The zero-order valence-electron chi connectivity index (χ0n) is 3.74. The molecule has 0 heterocycles. The van der Waals surface area contributed by atoms with Crippen LogP contribution in [0.25, 0.3) is 0 Å². The van der Waals surface area contributed by atoms with Gasteiger partial charge in [0.05, 0.1) is 0 Å². The molecule has 0 fully saturated rings. The smallest absolute Gasteiger partial charge is 0.267 e. The van der Waals surface area contributed by atoms with Crippen molar-refractivity contribution >= 4 is 10.4 Å². The Morgan fingerprint density at radius 2 is 1.33 bits per heavy atom. The quantitative estimate of drug-likeness (QED) is 0.177. The summed E-state index contributed by atoms with van der Waals surface area (Å²) in [5.74, 6) is 0. The van der Waals surface area contributed by atoms with Gasteiger partial charge in [0.1, 0.15) is 0 Å². The van der Waals surface area contributed by atoms with Crippen molar-refractivity contribution in [2.24, 2.45) is 0 Å². The molecule has 0 spiro atoms. The first-order valence-corrected chi connectivity index (χ1v) is 2.50. The molecule has 0 bridgehead atoms. The topological polar surface area (TPSA) is 129 Å². The number of hydrogen-bond donors (Lipinski definition) is 3. The van der Waals surface area contributed by atoms with Crippen LogP contribution >= 0.6 is 0 Å². The average Bonchev–Trinajstić information content (AvgIpc) is 1.27. The second kappa shape index (κ2) is 7.79. The molecule has 0 rings (SSSR count). The van der Waals surface area contributed by atoms with Gasteiger partial charge in [-0.05, 0) is 0 Å². The van der Waals surface area contributed by atoms with Crippen LogP contribution < -0.4 is 5.34 Å². The van der Waals surface area contributed by atoms with E-state index in [0.717, 1.165) is 0 Å². The minimum absolute atomic E-state index is 0. The van der Waals surface area contributed by atoms with Crippen molar-refractivity contribution in [3.63, 3.8) is 0 Å². The SMILES string of the molecule is O=S(=O)(O)O.O=[NH+][O-].[Cu]. The maximum atomic E-state index is 8.74. The van der Waals surface area contributed by atoms with Crippen LogP contribution in [0.2, 0.25) is 0 Å². The van der Waals surface area contributed by atoms with Crippen molar-refractivity contribution in [3.8, 4) is 0 Å². The van der Waals surface area contributed by atoms with Crippen molar-refractivity contribution in [2.45, 2.75) is 0 Å². The normalized spacial score (nSPS) is 7.78. The third-order valence-electron chi connectivity index (χ3n) is 0. The number of nitrogens with one attached hydrogen (secondary N) is 1. The Hall–Kier alpha value is -0.211. The van der Waals surface area contributed by atoms with Crippen LogP contribution in [0.3, 0.4) is 0 Å². The Balaban J connectivity index is -0.0000000800. The fourth-order valence-electron chi connectivity index (χ4n) is 0. The summed E-state index contributed by atoms with van der Waals surface area (Å²) < 4.78 is 31.6. The third-order valence-corrected chi connectivity index (χ3v) is 0. The van der Waals surface area contributed by atoms with E-state index in [1.54, 1.807) is 0 Å². The van der Waals surface area contributed by atoms with E-state index in [9.17, 15) is 0 Å². The van der Waals surface area contributed by atoms with Gasteiger partial charge in [0.25, 0.3) is 0 Å². The zero-order valence-corrected chi connectivity index (χ0v) is 5.50. The molecule has 3 N–H and O–H groups in total. The summed E-state index contributed by atoms with van der Waals surface area (Å²) in [4.78, 5) is 8.12. The first kappa shape index (κ1) is 15.9. The third kappa shape index (κ3) is 5890. The van der Waals surface area contributed by atoms with Crippen molar-refractivity contribution < 1.29 is 39.9 Å². The fourth-order valence-corrected chi connectivity index (χ4v) is 0. The number of rotatable bonds is 0. The minimum atomic E-state index is -4.67. The minimum Gasteiger partial charge on any atom is -0.267 e. The molecule has 0 aromatic carbocycles. The van der Waals surface area contributed by atoms with Crippen molar-refractivity contribution in [3.05, 3.63) is 10.1 Å². The van der Waals surface area contributed by atoms with Crippen LogP contribution in [0.1, 0.15) is 0 Å². The van der Waals surface area contributed by atoms with E-state index in [1.807, 2.05) is 0 Å². The van der Waals surface area contributed by atoms with Gasteiger partial charge < -0.3 is 0 Å². The Morgan fingerprint density at radius 1 is 1.33 bits per heavy atom. The molecule has 0 amide bonds. The molecule has 9 heteroatoms. The molecular formula is H3CuNO6S. The van der Waals surface area contributed by atoms with E-state index in [2.05, 4.69) is 0 Å². The maximum Gasteiger partial charge on any atom is 0.394 e. The second-order valence-electron chi connectivity index (χ2n) is 0.531. The molecule has 0 saturated carbocycles. The largest absolute Gasteiger partial charge is 0.394 e. The Morgan fingerprint density at radius 3 is 1.33 bits per heavy atom. The molecule has 0 atom stereocenters. The molecular weight excluding hydrogens is 206 g/mol. The Bertz CT molecular complexity index is 127. The first-order valence-electron chi connectivity index (χ1n) is 1.11. The summed E-state index contributed by atoms with van der Waals surface area (Å²) in [5.41, 5.74) is 0. The predicted octanol–water partition coefficient (Wildman–Crippen LogP) is -2.32. The van der Waals surface area contributed by atoms with Crippen molar-refractivity contribution in [1.29, 1.82) is 0 Å². The molecule has 0 aliphatic heterocycles. The van der Waals surface area contributed by atoms with Gasteiger partial charge in [0, 0.05) is 22.4 Å². The van der Waals surface area contributed by atoms with Crippen LogP contribution in [0.15, 0.2) is 0 Å². The van der Waals surface area contributed by atoms with E-state index < -0.39 is 10.4 Å². The Kier molecular flexibility index (Phi) is 13.8. The summed E-state index contributed by atoms with van der Waals surface area (Å²) in [6.07, 6.45) is 0. The zero-order chi connectivity index (χ0) is 7.21. The predicted molar refractivity (Wildman–Crippen MR) is 21.9 cm³/mol. The van der Waals surface area contributed by atoms with Crippen LogP contribution in [-0.2, 0) is 27.5 Å². The van der Waals surface area contributed by atoms with E-state index in [4.69, 9.17) is 27.6 Å². The summed E-state index contributed by atoms with van der Waals surface area (Å²) in [5, 5.41) is 8.38. The van der Waals surface area contributed by atoms with Gasteiger partial charge in [0.2, 0.25) is 0 Å². The summed E-state index contributed by atoms with van der Waals surface area (Å²) >= 11 is 0. The van der Waals surface area contributed by atoms with Crippen LogP contribution in [0, 0.1) is 10.1 Å². The molecule has 0 unspecified atom stereocenters. The van der Waals surface area contributed by atoms with Crippen LogP contribution in [0.4, 0.5) is 0 Å². The molecule has 0 saturated heterocycles. The van der Waals surface area contributed by atoms with Gasteiger partial charge in [-0.3, -0.25) is 19.2 Å². The van der Waals surface area contributed by atoms with Gasteiger partial charge in [0.15, 0.2) is 0 Å². The summed E-state index contributed by atoms with van der Waals surface area (Å²) in [6.45, 7) is 0. The molecule has 0 aliphatic carbocycles.